The van der Waals surface area contributed by atoms with Crippen LogP contribution in [-0.4, -0.2) is 48.0 Å². The molecular weight excluding hydrogens is 256 g/mol. The predicted molar refractivity (Wildman–Crippen MR) is 45.4 cm³/mol. The molecule has 0 spiro atoms. The Labute approximate surface area is 93.0 Å². The zero-order chi connectivity index (χ0) is 13.9. The van der Waals surface area contributed by atoms with Gasteiger partial charge in [-0.15, -0.1) is 0 Å². The van der Waals surface area contributed by atoms with Crippen LogP contribution in [0.4, 0.5) is 26.3 Å². The highest BCUT2D eigenvalue weighted by Crippen LogP contribution is 2.28. The molecule has 102 valence electrons. The van der Waals surface area contributed by atoms with Crippen LogP contribution in [0.1, 0.15) is 12.8 Å². The van der Waals surface area contributed by atoms with E-state index in [1.165, 1.54) is 0 Å². The van der Waals surface area contributed by atoms with E-state index >= 15 is 0 Å². The number of carboxylic acid groups (broad SMARTS) is 1. The summed E-state index contributed by atoms with van der Waals surface area (Å²) < 4.78 is 72.5. The number of halogens is 6. The van der Waals surface area contributed by atoms with Crippen LogP contribution in [0.3, 0.4) is 0 Å². The summed E-state index contributed by atoms with van der Waals surface area (Å²) in [6, 6.07) is -2.41. The molecule has 1 unspecified atom stereocenters. The van der Waals surface area contributed by atoms with Crippen molar-refractivity contribution in [1.29, 1.82) is 0 Å². The third-order valence-electron chi connectivity index (χ3n) is 2.03. The molecule has 0 radical (unpaired) electrons. The first-order valence-corrected chi connectivity index (χ1v) is 4.49. The Kier molecular flexibility index (Phi) is 5.24. The number of carbonyl (C=O) groups is 1. The molecule has 0 aliphatic carbocycles. The largest absolute Gasteiger partial charge is 0.481 e. The van der Waals surface area contributed by atoms with Gasteiger partial charge in [0, 0.05) is 6.54 Å². The Morgan fingerprint density at radius 3 is 2.00 bits per heavy atom. The molecule has 0 rings (SSSR count). The molecule has 0 saturated heterocycles. The van der Waals surface area contributed by atoms with Crippen molar-refractivity contribution in [3.8, 4) is 0 Å². The summed E-state index contributed by atoms with van der Waals surface area (Å²) in [5.41, 5.74) is 0. The molecule has 1 atom stereocenters. The lowest BCUT2D eigenvalue weighted by atomic mass is 10.1. The van der Waals surface area contributed by atoms with Gasteiger partial charge in [0.1, 0.15) is 6.04 Å². The van der Waals surface area contributed by atoms with Crippen molar-refractivity contribution < 1.29 is 36.2 Å². The Morgan fingerprint density at radius 1 is 1.24 bits per heavy atom. The van der Waals surface area contributed by atoms with Crippen molar-refractivity contribution in [2.45, 2.75) is 31.2 Å². The Balaban J connectivity index is 4.54. The molecule has 0 aromatic heterocycles. The minimum atomic E-state index is -4.88. The number of aliphatic carboxylic acids is 1. The number of carboxylic acids is 1. The van der Waals surface area contributed by atoms with E-state index in [1.54, 1.807) is 0 Å². The van der Waals surface area contributed by atoms with E-state index in [0.717, 1.165) is 7.05 Å². The lowest BCUT2D eigenvalue weighted by Crippen LogP contribution is -2.46. The second-order valence-corrected chi connectivity index (χ2v) is 3.50. The lowest BCUT2D eigenvalue weighted by molar-refractivity contribution is -0.193. The van der Waals surface area contributed by atoms with Crippen LogP contribution in [0.15, 0.2) is 0 Å². The van der Waals surface area contributed by atoms with Crippen molar-refractivity contribution in [2.24, 2.45) is 0 Å². The van der Waals surface area contributed by atoms with E-state index in [2.05, 4.69) is 0 Å². The highest BCUT2D eigenvalue weighted by Gasteiger charge is 2.44. The number of rotatable bonds is 5. The quantitative estimate of drug-likeness (QED) is 0.777. The van der Waals surface area contributed by atoms with Gasteiger partial charge in [0.05, 0.1) is 12.8 Å². The van der Waals surface area contributed by atoms with Crippen molar-refractivity contribution in [3.05, 3.63) is 0 Å². The third kappa shape index (κ3) is 7.03. The summed E-state index contributed by atoms with van der Waals surface area (Å²) in [5, 5.41) is 8.28. The first-order valence-electron chi connectivity index (χ1n) is 4.49. The van der Waals surface area contributed by atoms with Crippen LogP contribution < -0.4 is 0 Å². The molecule has 9 heteroatoms. The van der Waals surface area contributed by atoms with Crippen LogP contribution in [0.2, 0.25) is 0 Å². The molecule has 0 heterocycles. The second kappa shape index (κ2) is 5.56. The molecule has 0 saturated carbocycles. The van der Waals surface area contributed by atoms with E-state index in [1.807, 2.05) is 0 Å². The van der Waals surface area contributed by atoms with E-state index in [9.17, 15) is 31.1 Å². The topological polar surface area (TPSA) is 40.5 Å². The summed E-state index contributed by atoms with van der Waals surface area (Å²) in [4.78, 5) is 10.6. The lowest BCUT2D eigenvalue weighted by Gasteiger charge is -2.28. The molecule has 17 heavy (non-hydrogen) atoms. The van der Waals surface area contributed by atoms with Gasteiger partial charge in [-0.05, 0) is 7.05 Å². The number of hydrogen-bond donors (Lipinski definition) is 1. The van der Waals surface area contributed by atoms with Gasteiger partial charge >= 0.3 is 18.3 Å². The van der Waals surface area contributed by atoms with E-state index in [-0.39, 0.29) is 0 Å². The summed E-state index contributed by atoms with van der Waals surface area (Å²) in [7, 11) is 0.812. The minimum absolute atomic E-state index is 0.349. The third-order valence-corrected chi connectivity index (χ3v) is 2.03. The maximum absolute atomic E-state index is 12.4. The van der Waals surface area contributed by atoms with E-state index < -0.39 is 43.8 Å². The number of nitrogens with zero attached hydrogens (tertiary/aromatic N) is 1. The van der Waals surface area contributed by atoms with Crippen molar-refractivity contribution in [2.75, 3.05) is 13.6 Å². The van der Waals surface area contributed by atoms with Crippen LogP contribution in [0, 0.1) is 0 Å². The first kappa shape index (κ1) is 16.0. The van der Waals surface area contributed by atoms with Gasteiger partial charge in [-0.2, -0.15) is 26.3 Å². The highest BCUT2D eigenvalue weighted by atomic mass is 19.4. The van der Waals surface area contributed by atoms with Gasteiger partial charge in [0.25, 0.3) is 0 Å². The maximum atomic E-state index is 12.4. The number of hydrogen-bond acceptors (Lipinski definition) is 2. The van der Waals surface area contributed by atoms with Crippen molar-refractivity contribution in [1.82, 2.24) is 4.90 Å². The standard InChI is InChI=1S/C8H11F6NO2/c1-15(3-2-7(9,10)11)5(4-6(16)17)8(12,13)14/h5H,2-4H2,1H3,(H,16,17). The van der Waals surface area contributed by atoms with Crippen LogP contribution >= 0.6 is 0 Å². The van der Waals surface area contributed by atoms with Gasteiger partial charge in [-0.25, -0.2) is 0 Å². The Hall–Kier alpha value is -0.990. The molecule has 0 aromatic rings. The molecule has 0 amide bonds. The minimum Gasteiger partial charge on any atom is -0.481 e. The average Bonchev–Trinajstić information content (AvgIpc) is 2.07. The van der Waals surface area contributed by atoms with Gasteiger partial charge in [-0.1, -0.05) is 0 Å². The zero-order valence-corrected chi connectivity index (χ0v) is 8.77. The smallest absolute Gasteiger partial charge is 0.404 e. The molecule has 0 fully saturated rings. The zero-order valence-electron chi connectivity index (χ0n) is 8.77. The molecule has 0 bridgehead atoms. The summed E-state index contributed by atoms with van der Waals surface area (Å²) in [6.07, 6.45) is -12.2. The maximum Gasteiger partial charge on any atom is 0.404 e. The van der Waals surface area contributed by atoms with Gasteiger partial charge in [-0.3, -0.25) is 9.69 Å². The summed E-state index contributed by atoms with van der Waals surface area (Å²) in [5.74, 6) is -1.72. The fraction of sp³-hybridized carbons (Fsp3) is 0.875. The van der Waals surface area contributed by atoms with Crippen LogP contribution in [0.25, 0.3) is 0 Å². The Bertz CT molecular complexity index is 262. The summed E-state index contributed by atoms with van der Waals surface area (Å²) in [6.45, 7) is -0.902. The highest BCUT2D eigenvalue weighted by molar-refractivity contribution is 5.67. The normalized spacial score (nSPS) is 15.1. The fourth-order valence-electron chi connectivity index (χ4n) is 1.15. The van der Waals surface area contributed by atoms with Gasteiger partial charge in [0.2, 0.25) is 0 Å². The van der Waals surface area contributed by atoms with Crippen molar-refractivity contribution >= 4 is 5.97 Å². The second-order valence-electron chi connectivity index (χ2n) is 3.50. The SMILES string of the molecule is CN(CCC(F)(F)F)C(CC(=O)O)C(F)(F)F. The predicted octanol–water partition coefficient (Wildman–Crippen LogP) is 2.28. The van der Waals surface area contributed by atoms with E-state index in [4.69, 9.17) is 5.11 Å². The number of alkyl halides is 6. The Morgan fingerprint density at radius 2 is 1.71 bits per heavy atom. The molecular formula is C8H11F6NO2. The molecule has 1 N–H and O–H groups in total. The van der Waals surface area contributed by atoms with Crippen LogP contribution in [0.5, 0.6) is 0 Å². The fourth-order valence-corrected chi connectivity index (χ4v) is 1.15. The molecule has 0 aliphatic heterocycles. The first-order chi connectivity index (χ1) is 7.43. The molecule has 0 aromatic carbocycles. The molecule has 3 nitrogen and oxygen atoms in total. The van der Waals surface area contributed by atoms with Gasteiger partial charge in [0.15, 0.2) is 0 Å². The van der Waals surface area contributed by atoms with Crippen molar-refractivity contribution in [3.63, 3.8) is 0 Å². The van der Waals surface area contributed by atoms with E-state index in [0.29, 0.717) is 4.90 Å². The monoisotopic (exact) mass is 267 g/mol. The van der Waals surface area contributed by atoms with Crippen LogP contribution in [-0.2, 0) is 4.79 Å². The molecule has 0 aliphatic rings. The average molecular weight is 267 g/mol. The summed E-state index contributed by atoms with van der Waals surface area (Å²) >= 11 is 0. The van der Waals surface area contributed by atoms with Gasteiger partial charge < -0.3 is 5.11 Å².